The van der Waals surface area contributed by atoms with Crippen molar-refractivity contribution in [2.75, 3.05) is 11.9 Å². The molecule has 0 aromatic heterocycles. The van der Waals surface area contributed by atoms with Crippen molar-refractivity contribution in [1.29, 1.82) is 0 Å². The van der Waals surface area contributed by atoms with Crippen LogP contribution in [0.25, 0.3) is 0 Å². The molecule has 2 aliphatic rings. The first kappa shape index (κ1) is 19.7. The van der Waals surface area contributed by atoms with E-state index < -0.39 is 0 Å². The molecule has 25 heavy (non-hydrogen) atoms. The summed E-state index contributed by atoms with van der Waals surface area (Å²) in [5.74, 6) is 0.746. The van der Waals surface area contributed by atoms with E-state index in [1.54, 1.807) is 31.2 Å². The van der Waals surface area contributed by atoms with Gasteiger partial charge in [0.2, 0.25) is 5.91 Å². The number of amides is 1. The molecule has 0 radical (unpaired) electrons. The average molecular weight is 367 g/mol. The van der Waals surface area contributed by atoms with Gasteiger partial charge < -0.3 is 15.8 Å². The highest BCUT2D eigenvalue weighted by molar-refractivity contribution is 5.94. The van der Waals surface area contributed by atoms with Gasteiger partial charge in [0, 0.05) is 17.6 Å². The van der Waals surface area contributed by atoms with Crippen LogP contribution in [0.5, 0.6) is 0 Å². The molecule has 6 heteroatoms. The number of carbonyl (C=O) groups excluding carboxylic acids is 2. The first-order chi connectivity index (χ1) is 11.6. The van der Waals surface area contributed by atoms with Gasteiger partial charge in [-0.15, -0.1) is 12.4 Å². The van der Waals surface area contributed by atoms with Gasteiger partial charge in [0.15, 0.2) is 0 Å². The molecule has 1 aromatic carbocycles. The molecule has 5 nitrogen and oxygen atoms in total. The summed E-state index contributed by atoms with van der Waals surface area (Å²) in [6, 6.07) is 7.13. The fourth-order valence-corrected chi connectivity index (χ4v) is 4.15. The summed E-state index contributed by atoms with van der Waals surface area (Å²) >= 11 is 0. The van der Waals surface area contributed by atoms with E-state index in [-0.39, 0.29) is 36.2 Å². The molecule has 138 valence electrons. The highest BCUT2D eigenvalue weighted by atomic mass is 35.5. The third-order valence-electron chi connectivity index (χ3n) is 5.45. The number of nitrogens with one attached hydrogen (secondary N) is 1. The minimum absolute atomic E-state index is 0. The maximum atomic E-state index is 12.6. The number of rotatable bonds is 4. The molecule has 0 aliphatic heterocycles. The topological polar surface area (TPSA) is 81.4 Å². The molecule has 2 atom stereocenters. The van der Waals surface area contributed by atoms with E-state index in [0.29, 0.717) is 29.7 Å². The van der Waals surface area contributed by atoms with E-state index in [9.17, 15) is 9.59 Å². The Morgan fingerprint density at radius 2 is 1.76 bits per heavy atom. The molecule has 3 rings (SSSR count). The van der Waals surface area contributed by atoms with Gasteiger partial charge in [-0.25, -0.2) is 4.79 Å². The highest BCUT2D eigenvalue weighted by Gasteiger charge is 2.40. The number of halogens is 1. The van der Waals surface area contributed by atoms with Gasteiger partial charge in [-0.05, 0) is 68.7 Å². The predicted molar refractivity (Wildman–Crippen MR) is 99.8 cm³/mol. The normalized spacial score (nSPS) is 27.8. The molecule has 2 bridgehead atoms. The zero-order valence-corrected chi connectivity index (χ0v) is 15.4. The molecule has 2 saturated carbocycles. The number of carbonyl (C=O) groups is 2. The number of hydrogen-bond donors (Lipinski definition) is 2. The summed E-state index contributed by atoms with van der Waals surface area (Å²) in [4.78, 5) is 24.2. The van der Waals surface area contributed by atoms with Crippen LogP contribution in [-0.4, -0.2) is 24.5 Å². The molecule has 0 spiro atoms. The molecule has 3 N–H and O–H groups in total. The third-order valence-corrected chi connectivity index (χ3v) is 5.45. The molecular formula is C19H27ClN2O3. The zero-order valence-electron chi connectivity index (χ0n) is 14.6. The number of hydrogen-bond acceptors (Lipinski definition) is 4. The van der Waals surface area contributed by atoms with E-state index in [4.69, 9.17) is 10.5 Å². The molecule has 0 heterocycles. The standard InChI is InChI=1S/C19H26N2O3.ClH/c1-2-24-19(23)12-6-8-16(9-7-12)21-18(22)15-10-13-4-3-5-14(11-15)17(13)20;/h6-9,13-15,17H,2-5,10-11,20H2,1H3,(H,21,22);1H. The van der Waals surface area contributed by atoms with Gasteiger partial charge >= 0.3 is 5.97 Å². The second-order valence-electron chi connectivity index (χ2n) is 6.98. The SMILES string of the molecule is CCOC(=O)c1ccc(NC(=O)C2CC3CCCC(C2)C3N)cc1.Cl. The minimum Gasteiger partial charge on any atom is -0.462 e. The molecule has 1 aromatic rings. The lowest BCUT2D eigenvalue weighted by atomic mass is 9.65. The van der Waals surface area contributed by atoms with Crippen molar-refractivity contribution in [2.45, 2.75) is 45.1 Å². The number of nitrogens with two attached hydrogens (primary N) is 1. The smallest absolute Gasteiger partial charge is 0.338 e. The lowest BCUT2D eigenvalue weighted by Crippen LogP contribution is -2.48. The lowest BCUT2D eigenvalue weighted by molar-refractivity contribution is -0.122. The van der Waals surface area contributed by atoms with Gasteiger partial charge in [-0.3, -0.25) is 4.79 Å². The fourth-order valence-electron chi connectivity index (χ4n) is 4.15. The van der Waals surface area contributed by atoms with Gasteiger partial charge in [-0.1, -0.05) is 6.42 Å². The van der Waals surface area contributed by atoms with Crippen molar-refractivity contribution in [3.05, 3.63) is 29.8 Å². The summed E-state index contributed by atoms with van der Waals surface area (Å²) in [7, 11) is 0. The third kappa shape index (κ3) is 4.53. The molecule has 2 aliphatic carbocycles. The van der Waals surface area contributed by atoms with Crippen molar-refractivity contribution in [3.8, 4) is 0 Å². The van der Waals surface area contributed by atoms with Crippen LogP contribution < -0.4 is 11.1 Å². The summed E-state index contributed by atoms with van der Waals surface area (Å²) in [5.41, 5.74) is 7.50. The number of ether oxygens (including phenoxy) is 1. The molecule has 1 amide bonds. The van der Waals surface area contributed by atoms with Crippen LogP contribution in [0.15, 0.2) is 24.3 Å². The second-order valence-corrected chi connectivity index (χ2v) is 6.98. The number of fused-ring (bicyclic) bond motifs is 2. The summed E-state index contributed by atoms with van der Waals surface area (Å²) in [6.45, 7) is 2.13. The largest absolute Gasteiger partial charge is 0.462 e. The van der Waals surface area contributed by atoms with Crippen LogP contribution in [0.3, 0.4) is 0 Å². The van der Waals surface area contributed by atoms with Crippen LogP contribution in [-0.2, 0) is 9.53 Å². The quantitative estimate of drug-likeness (QED) is 0.800. The number of anilines is 1. The van der Waals surface area contributed by atoms with E-state index in [2.05, 4.69) is 5.32 Å². The Bertz CT molecular complexity index is 591. The van der Waals surface area contributed by atoms with Crippen molar-refractivity contribution >= 4 is 30.0 Å². The van der Waals surface area contributed by atoms with Crippen LogP contribution in [0, 0.1) is 17.8 Å². The van der Waals surface area contributed by atoms with Crippen molar-refractivity contribution < 1.29 is 14.3 Å². The lowest BCUT2D eigenvalue weighted by Gasteiger charge is -2.43. The Morgan fingerprint density at radius 1 is 1.16 bits per heavy atom. The Morgan fingerprint density at radius 3 is 2.32 bits per heavy atom. The maximum absolute atomic E-state index is 12.6. The first-order valence-electron chi connectivity index (χ1n) is 8.92. The van der Waals surface area contributed by atoms with Crippen LogP contribution >= 0.6 is 12.4 Å². The van der Waals surface area contributed by atoms with Crippen molar-refractivity contribution in [1.82, 2.24) is 0 Å². The van der Waals surface area contributed by atoms with E-state index >= 15 is 0 Å². The number of benzene rings is 1. The Kier molecular flexibility index (Phi) is 6.85. The molecule has 0 saturated heterocycles. The van der Waals surface area contributed by atoms with E-state index in [1.165, 1.54) is 6.42 Å². The van der Waals surface area contributed by atoms with E-state index in [0.717, 1.165) is 25.7 Å². The Labute approximate surface area is 155 Å². The van der Waals surface area contributed by atoms with Crippen molar-refractivity contribution in [2.24, 2.45) is 23.5 Å². The van der Waals surface area contributed by atoms with Gasteiger partial charge in [0.25, 0.3) is 0 Å². The second kappa shape index (κ2) is 8.68. The molecule has 2 fully saturated rings. The van der Waals surface area contributed by atoms with Crippen LogP contribution in [0.1, 0.15) is 49.4 Å². The maximum Gasteiger partial charge on any atom is 0.338 e. The van der Waals surface area contributed by atoms with Gasteiger partial charge in [-0.2, -0.15) is 0 Å². The zero-order chi connectivity index (χ0) is 17.1. The fraction of sp³-hybridized carbons (Fsp3) is 0.579. The molecule has 2 unspecified atom stereocenters. The monoisotopic (exact) mass is 366 g/mol. The first-order valence-corrected chi connectivity index (χ1v) is 8.92. The Hall–Kier alpha value is -1.59. The highest BCUT2D eigenvalue weighted by Crippen LogP contribution is 2.42. The summed E-state index contributed by atoms with van der Waals surface area (Å²) in [5, 5.41) is 2.98. The average Bonchev–Trinajstić information content (AvgIpc) is 2.55. The number of esters is 1. The predicted octanol–water partition coefficient (Wildman–Crippen LogP) is 3.38. The van der Waals surface area contributed by atoms with Gasteiger partial charge in [0.1, 0.15) is 0 Å². The van der Waals surface area contributed by atoms with Crippen LogP contribution in [0.2, 0.25) is 0 Å². The van der Waals surface area contributed by atoms with Crippen molar-refractivity contribution in [3.63, 3.8) is 0 Å². The summed E-state index contributed by atoms with van der Waals surface area (Å²) < 4.78 is 4.96. The van der Waals surface area contributed by atoms with E-state index in [1.807, 2.05) is 0 Å². The summed E-state index contributed by atoms with van der Waals surface area (Å²) in [6.07, 6.45) is 5.33. The van der Waals surface area contributed by atoms with Crippen LogP contribution in [0.4, 0.5) is 5.69 Å². The molecular weight excluding hydrogens is 340 g/mol. The Balaban J connectivity index is 0.00000225. The van der Waals surface area contributed by atoms with Gasteiger partial charge in [0.05, 0.1) is 12.2 Å². The minimum atomic E-state index is -0.343.